The monoisotopic (exact) mass is 238 g/mol. The van der Waals surface area contributed by atoms with Crippen LogP contribution in [-0.4, -0.2) is 31.1 Å². The van der Waals surface area contributed by atoms with Gasteiger partial charge in [0.15, 0.2) is 0 Å². The maximum Gasteiger partial charge on any atom is 0.321 e. The van der Waals surface area contributed by atoms with E-state index in [4.69, 9.17) is 5.11 Å². The zero-order valence-corrected chi connectivity index (χ0v) is 10.2. The third-order valence-corrected chi connectivity index (χ3v) is 2.92. The van der Waals surface area contributed by atoms with Gasteiger partial charge in [0.25, 0.3) is 10.2 Å². The van der Waals surface area contributed by atoms with E-state index >= 15 is 0 Å². The first-order chi connectivity index (χ1) is 6.57. The first-order valence-corrected chi connectivity index (χ1v) is 6.10. The fourth-order valence-corrected chi connectivity index (χ4v) is 2.44. The lowest BCUT2D eigenvalue weighted by Gasteiger charge is -2.22. The molecule has 0 aliphatic carbocycles. The third kappa shape index (κ3) is 6.43. The van der Waals surface area contributed by atoms with Gasteiger partial charge in [-0.25, -0.2) is 0 Å². The summed E-state index contributed by atoms with van der Waals surface area (Å²) < 4.78 is 27.2. The lowest BCUT2D eigenvalue weighted by molar-refractivity contribution is -0.139. The summed E-state index contributed by atoms with van der Waals surface area (Å²) in [5.41, 5.74) is -0.636. The molecule has 15 heavy (non-hydrogen) atoms. The van der Waals surface area contributed by atoms with Crippen LogP contribution in [0, 0.1) is 0 Å². The third-order valence-electron chi connectivity index (χ3n) is 1.44. The summed E-state index contributed by atoms with van der Waals surface area (Å²) in [6.45, 7) is 6.62. The van der Waals surface area contributed by atoms with Crippen LogP contribution in [0.25, 0.3) is 0 Å². The van der Waals surface area contributed by atoms with Crippen molar-refractivity contribution in [2.45, 2.75) is 45.7 Å². The first kappa shape index (κ1) is 14.3. The summed E-state index contributed by atoms with van der Waals surface area (Å²) in [6, 6.07) is -1.09. The van der Waals surface area contributed by atoms with Crippen LogP contribution in [-0.2, 0) is 15.0 Å². The van der Waals surface area contributed by atoms with E-state index in [2.05, 4.69) is 9.44 Å². The van der Waals surface area contributed by atoms with E-state index < -0.39 is 27.8 Å². The summed E-state index contributed by atoms with van der Waals surface area (Å²) in [5, 5.41) is 8.68. The number of hydrogen-bond donors (Lipinski definition) is 3. The number of nitrogens with one attached hydrogen (secondary N) is 2. The van der Waals surface area contributed by atoms with Gasteiger partial charge >= 0.3 is 5.97 Å². The molecule has 0 aliphatic rings. The van der Waals surface area contributed by atoms with Crippen molar-refractivity contribution >= 4 is 16.2 Å². The summed E-state index contributed by atoms with van der Waals surface area (Å²) in [4.78, 5) is 10.6. The van der Waals surface area contributed by atoms with Gasteiger partial charge in [0.2, 0.25) is 0 Å². The van der Waals surface area contributed by atoms with Crippen molar-refractivity contribution in [3.8, 4) is 0 Å². The number of carbonyl (C=O) groups is 1. The molecule has 0 aromatic heterocycles. The number of rotatable bonds is 5. The van der Waals surface area contributed by atoms with Crippen LogP contribution >= 0.6 is 0 Å². The second kappa shape index (κ2) is 4.91. The van der Waals surface area contributed by atoms with E-state index in [0.29, 0.717) is 0 Å². The van der Waals surface area contributed by atoms with Crippen molar-refractivity contribution in [1.29, 1.82) is 0 Å². The highest BCUT2D eigenvalue weighted by molar-refractivity contribution is 7.87. The average molecular weight is 238 g/mol. The highest BCUT2D eigenvalue weighted by atomic mass is 32.2. The molecule has 6 nitrogen and oxygen atoms in total. The van der Waals surface area contributed by atoms with Crippen LogP contribution in [0.4, 0.5) is 0 Å². The molecule has 7 heteroatoms. The first-order valence-electron chi connectivity index (χ1n) is 4.61. The van der Waals surface area contributed by atoms with Gasteiger partial charge in [-0.05, 0) is 27.2 Å². The van der Waals surface area contributed by atoms with E-state index in [1.807, 2.05) is 0 Å². The summed E-state index contributed by atoms with van der Waals surface area (Å²) >= 11 is 0. The maximum absolute atomic E-state index is 11.4. The highest BCUT2D eigenvalue weighted by Crippen LogP contribution is 2.02. The topological polar surface area (TPSA) is 95.5 Å². The highest BCUT2D eigenvalue weighted by Gasteiger charge is 2.25. The molecule has 0 radical (unpaired) electrons. The molecule has 0 fully saturated rings. The van der Waals surface area contributed by atoms with Gasteiger partial charge in [-0.15, -0.1) is 0 Å². The lowest BCUT2D eigenvalue weighted by atomic mass is 10.1. The summed E-state index contributed by atoms with van der Waals surface area (Å²) in [5.74, 6) is -1.18. The fraction of sp³-hybridized carbons (Fsp3) is 0.875. The molecule has 0 spiro atoms. The van der Waals surface area contributed by atoms with Gasteiger partial charge in [-0.3, -0.25) is 4.79 Å². The Balaban J connectivity index is 4.57. The average Bonchev–Trinajstić information content (AvgIpc) is 1.94. The molecule has 0 amide bonds. The SMILES string of the molecule is CC[C@H](NS(=O)(=O)NC(C)(C)C)C(=O)O. The normalized spacial score (nSPS) is 14.9. The Morgan fingerprint density at radius 3 is 2.13 bits per heavy atom. The Morgan fingerprint density at radius 2 is 1.87 bits per heavy atom. The van der Waals surface area contributed by atoms with Gasteiger partial charge in [0.1, 0.15) is 6.04 Å². The largest absolute Gasteiger partial charge is 0.480 e. The second-order valence-corrected chi connectivity index (χ2v) is 5.72. The smallest absolute Gasteiger partial charge is 0.321 e. The van der Waals surface area contributed by atoms with E-state index in [1.165, 1.54) is 0 Å². The van der Waals surface area contributed by atoms with Crippen LogP contribution in [0.2, 0.25) is 0 Å². The predicted octanol–water partition coefficient (Wildman–Crippen LogP) is 0.0721. The molecular weight excluding hydrogens is 220 g/mol. The second-order valence-electron chi connectivity index (χ2n) is 4.27. The number of aliphatic carboxylic acids is 1. The van der Waals surface area contributed by atoms with Crippen molar-refractivity contribution in [2.24, 2.45) is 0 Å². The van der Waals surface area contributed by atoms with E-state index in [-0.39, 0.29) is 6.42 Å². The minimum absolute atomic E-state index is 0.195. The molecule has 0 aromatic carbocycles. The van der Waals surface area contributed by atoms with E-state index in [0.717, 1.165) is 0 Å². The number of hydrogen-bond acceptors (Lipinski definition) is 3. The Kier molecular flexibility index (Phi) is 4.69. The minimum Gasteiger partial charge on any atom is -0.480 e. The van der Waals surface area contributed by atoms with Crippen molar-refractivity contribution in [3.63, 3.8) is 0 Å². The van der Waals surface area contributed by atoms with E-state index in [1.54, 1.807) is 27.7 Å². The fourth-order valence-electron chi connectivity index (χ4n) is 0.928. The lowest BCUT2D eigenvalue weighted by Crippen LogP contribution is -2.51. The summed E-state index contributed by atoms with van der Waals surface area (Å²) in [6.07, 6.45) is 0.195. The van der Waals surface area contributed by atoms with Crippen LogP contribution in [0.15, 0.2) is 0 Å². The molecule has 0 aliphatic heterocycles. The van der Waals surface area contributed by atoms with Crippen molar-refractivity contribution < 1.29 is 18.3 Å². The predicted molar refractivity (Wildman–Crippen MR) is 56.7 cm³/mol. The molecule has 90 valence electrons. The van der Waals surface area contributed by atoms with Crippen LogP contribution in [0.3, 0.4) is 0 Å². The molecule has 1 atom stereocenters. The zero-order chi connectivity index (χ0) is 12.3. The van der Waals surface area contributed by atoms with Gasteiger partial charge in [0, 0.05) is 5.54 Å². The van der Waals surface area contributed by atoms with Crippen LogP contribution < -0.4 is 9.44 Å². The van der Waals surface area contributed by atoms with E-state index in [9.17, 15) is 13.2 Å². The van der Waals surface area contributed by atoms with Gasteiger partial charge in [-0.2, -0.15) is 17.9 Å². The van der Waals surface area contributed by atoms with Crippen molar-refractivity contribution in [1.82, 2.24) is 9.44 Å². The Morgan fingerprint density at radius 1 is 1.40 bits per heavy atom. The molecule has 0 saturated heterocycles. The molecule has 0 saturated carbocycles. The van der Waals surface area contributed by atoms with Gasteiger partial charge in [0.05, 0.1) is 0 Å². The Bertz CT molecular complexity index is 318. The number of carboxylic acid groups (broad SMARTS) is 1. The Hall–Kier alpha value is -0.660. The van der Waals surface area contributed by atoms with Crippen molar-refractivity contribution in [3.05, 3.63) is 0 Å². The quantitative estimate of drug-likeness (QED) is 0.631. The van der Waals surface area contributed by atoms with Crippen LogP contribution in [0.5, 0.6) is 0 Å². The molecule has 3 N–H and O–H groups in total. The molecular formula is C8H18N2O4S. The minimum atomic E-state index is -3.78. The van der Waals surface area contributed by atoms with Crippen molar-refractivity contribution in [2.75, 3.05) is 0 Å². The molecule has 0 bridgehead atoms. The number of carboxylic acids is 1. The zero-order valence-electron chi connectivity index (χ0n) is 9.36. The van der Waals surface area contributed by atoms with Gasteiger partial charge < -0.3 is 5.11 Å². The standard InChI is InChI=1S/C8H18N2O4S/c1-5-6(7(11)12)9-15(13,14)10-8(2,3)4/h6,9-10H,5H2,1-4H3,(H,11,12)/t6-/m0/s1. The summed E-state index contributed by atoms with van der Waals surface area (Å²) in [7, 11) is -3.78. The van der Waals surface area contributed by atoms with Gasteiger partial charge in [-0.1, -0.05) is 6.92 Å². The maximum atomic E-state index is 11.4. The molecule has 0 rings (SSSR count). The molecule has 0 aromatic rings. The van der Waals surface area contributed by atoms with Crippen LogP contribution in [0.1, 0.15) is 34.1 Å². The molecule has 0 heterocycles. The Labute approximate surface area is 90.2 Å². The molecule has 0 unspecified atom stereocenters.